The molecule has 0 aliphatic heterocycles. The number of benzene rings is 4. The molecule has 4 aromatic carbocycles. The van der Waals surface area contributed by atoms with Crippen molar-refractivity contribution in [2.45, 2.75) is 13.3 Å². The molecule has 0 bridgehead atoms. The summed E-state index contributed by atoms with van der Waals surface area (Å²) in [5.41, 5.74) is 13.5. The maximum atomic E-state index is 14.0. The Balaban J connectivity index is 1.60. The van der Waals surface area contributed by atoms with Gasteiger partial charge in [0.2, 0.25) is 11.8 Å². The van der Waals surface area contributed by atoms with Crippen LogP contribution in [-0.4, -0.2) is 17.7 Å². The van der Waals surface area contributed by atoms with Gasteiger partial charge in [-0.25, -0.2) is 0 Å². The lowest BCUT2D eigenvalue weighted by molar-refractivity contribution is -0.138. The van der Waals surface area contributed by atoms with E-state index in [0.29, 0.717) is 33.9 Å². The first kappa shape index (κ1) is 25.2. The van der Waals surface area contributed by atoms with E-state index in [4.69, 9.17) is 11.5 Å². The van der Waals surface area contributed by atoms with Crippen molar-refractivity contribution in [1.29, 1.82) is 0 Å². The van der Waals surface area contributed by atoms with Crippen molar-refractivity contribution >= 4 is 40.5 Å². The molecule has 0 spiro atoms. The lowest BCUT2D eigenvalue weighted by atomic mass is 9.81. The summed E-state index contributed by atoms with van der Waals surface area (Å²) in [6, 6.07) is 31.9. The van der Waals surface area contributed by atoms with Crippen molar-refractivity contribution in [2.75, 3.05) is 16.0 Å². The van der Waals surface area contributed by atoms with Crippen LogP contribution in [0.5, 0.6) is 0 Å². The highest BCUT2D eigenvalue weighted by molar-refractivity contribution is 6.14. The molecular formula is C30H28N4O3. The minimum Gasteiger partial charge on any atom is -0.397 e. The SMILES string of the molecule is CC(Cc1ccc(C(=O)Nc2ccccc2N)cc1)(C(N)=O)C(=O)N(c1ccccc1)c1ccccc1. The monoisotopic (exact) mass is 492 g/mol. The van der Waals surface area contributed by atoms with Gasteiger partial charge >= 0.3 is 0 Å². The van der Waals surface area contributed by atoms with E-state index in [1.807, 2.05) is 36.4 Å². The summed E-state index contributed by atoms with van der Waals surface area (Å²) >= 11 is 0. The minimum absolute atomic E-state index is 0.0604. The van der Waals surface area contributed by atoms with Gasteiger partial charge in [0, 0.05) is 16.9 Å². The number of nitrogens with two attached hydrogens (primary N) is 2. The molecule has 0 radical (unpaired) electrons. The zero-order valence-corrected chi connectivity index (χ0v) is 20.4. The summed E-state index contributed by atoms with van der Waals surface area (Å²) in [6.07, 6.45) is 0.0604. The predicted molar refractivity (Wildman–Crippen MR) is 146 cm³/mol. The number of hydrogen-bond acceptors (Lipinski definition) is 4. The number of rotatable bonds is 8. The molecule has 4 rings (SSSR count). The highest BCUT2D eigenvalue weighted by Crippen LogP contribution is 2.33. The van der Waals surface area contributed by atoms with Crippen LogP contribution in [0.3, 0.4) is 0 Å². The van der Waals surface area contributed by atoms with Crippen LogP contribution in [0, 0.1) is 5.41 Å². The van der Waals surface area contributed by atoms with Crippen LogP contribution < -0.4 is 21.7 Å². The standard InChI is InChI=1S/C30H28N4O3/c1-30(28(32)36,29(37)34(23-10-4-2-5-11-23)24-12-6-3-7-13-24)20-21-16-18-22(19-17-21)27(35)33-26-15-9-8-14-25(26)31/h2-19H,20,31H2,1H3,(H2,32,36)(H,33,35). The molecule has 0 heterocycles. The largest absolute Gasteiger partial charge is 0.397 e. The Hall–Kier alpha value is -4.91. The molecule has 0 saturated carbocycles. The Labute approximate surface area is 215 Å². The third-order valence-corrected chi connectivity index (χ3v) is 6.23. The first-order valence-electron chi connectivity index (χ1n) is 11.8. The number of carbonyl (C=O) groups is 3. The quantitative estimate of drug-likeness (QED) is 0.239. The van der Waals surface area contributed by atoms with Gasteiger partial charge in [0.25, 0.3) is 5.91 Å². The van der Waals surface area contributed by atoms with Gasteiger partial charge < -0.3 is 16.8 Å². The van der Waals surface area contributed by atoms with Crippen molar-refractivity contribution in [1.82, 2.24) is 0 Å². The third kappa shape index (κ3) is 5.51. The second-order valence-corrected chi connectivity index (χ2v) is 8.92. The van der Waals surface area contributed by atoms with E-state index in [1.54, 1.807) is 79.7 Å². The van der Waals surface area contributed by atoms with Crippen LogP contribution in [-0.2, 0) is 16.0 Å². The Morgan fingerprint density at radius 1 is 0.757 bits per heavy atom. The average molecular weight is 493 g/mol. The van der Waals surface area contributed by atoms with Crippen molar-refractivity contribution in [3.63, 3.8) is 0 Å². The number of primary amides is 1. The number of carbonyl (C=O) groups excluding carboxylic acids is 3. The zero-order valence-electron chi connectivity index (χ0n) is 20.4. The third-order valence-electron chi connectivity index (χ3n) is 6.23. The number of nitrogen functional groups attached to an aromatic ring is 1. The number of hydrogen-bond donors (Lipinski definition) is 3. The van der Waals surface area contributed by atoms with Gasteiger partial charge in [-0.15, -0.1) is 0 Å². The molecule has 0 aliphatic rings. The number of nitrogens with zero attached hydrogens (tertiary/aromatic N) is 1. The van der Waals surface area contributed by atoms with Crippen LogP contribution in [0.4, 0.5) is 22.7 Å². The molecule has 4 aromatic rings. The van der Waals surface area contributed by atoms with Crippen LogP contribution in [0.1, 0.15) is 22.8 Å². The summed E-state index contributed by atoms with van der Waals surface area (Å²) in [7, 11) is 0. The summed E-state index contributed by atoms with van der Waals surface area (Å²) in [4.78, 5) is 40.9. The first-order valence-corrected chi connectivity index (χ1v) is 11.8. The number of nitrogens with one attached hydrogen (secondary N) is 1. The van der Waals surface area contributed by atoms with Gasteiger partial charge in [0.15, 0.2) is 0 Å². The molecule has 1 atom stereocenters. The van der Waals surface area contributed by atoms with E-state index in [-0.39, 0.29) is 12.3 Å². The summed E-state index contributed by atoms with van der Waals surface area (Å²) in [5, 5.41) is 2.78. The van der Waals surface area contributed by atoms with E-state index in [2.05, 4.69) is 5.32 Å². The normalized spacial score (nSPS) is 12.2. The van der Waals surface area contributed by atoms with Crippen molar-refractivity contribution in [3.05, 3.63) is 120 Å². The fourth-order valence-electron chi connectivity index (χ4n) is 4.04. The van der Waals surface area contributed by atoms with Crippen LogP contribution in [0.15, 0.2) is 109 Å². The molecule has 7 nitrogen and oxygen atoms in total. The van der Waals surface area contributed by atoms with Gasteiger partial charge in [-0.3, -0.25) is 19.3 Å². The predicted octanol–water partition coefficient (Wildman–Crippen LogP) is 4.92. The maximum Gasteiger partial charge on any atom is 0.255 e. The van der Waals surface area contributed by atoms with E-state index < -0.39 is 17.2 Å². The number of anilines is 4. The van der Waals surface area contributed by atoms with Crippen LogP contribution in [0.25, 0.3) is 0 Å². The molecular weight excluding hydrogens is 464 g/mol. The molecule has 0 aromatic heterocycles. The van der Waals surface area contributed by atoms with Crippen LogP contribution >= 0.6 is 0 Å². The Morgan fingerprint density at radius 2 is 1.27 bits per heavy atom. The van der Waals surface area contributed by atoms with E-state index >= 15 is 0 Å². The minimum atomic E-state index is -1.55. The molecule has 186 valence electrons. The fourth-order valence-corrected chi connectivity index (χ4v) is 4.04. The van der Waals surface area contributed by atoms with Gasteiger partial charge in [-0.05, 0) is 67.4 Å². The van der Waals surface area contributed by atoms with Gasteiger partial charge in [-0.2, -0.15) is 0 Å². The average Bonchev–Trinajstić information content (AvgIpc) is 2.91. The highest BCUT2D eigenvalue weighted by atomic mass is 16.2. The smallest absolute Gasteiger partial charge is 0.255 e. The van der Waals surface area contributed by atoms with Gasteiger partial charge in [0.1, 0.15) is 5.41 Å². The highest BCUT2D eigenvalue weighted by Gasteiger charge is 2.43. The van der Waals surface area contributed by atoms with Crippen molar-refractivity contribution in [3.8, 4) is 0 Å². The Bertz CT molecular complexity index is 1370. The molecule has 37 heavy (non-hydrogen) atoms. The van der Waals surface area contributed by atoms with Gasteiger partial charge in [0.05, 0.1) is 11.4 Å². The lowest BCUT2D eigenvalue weighted by Crippen LogP contribution is -2.49. The second kappa shape index (κ2) is 10.8. The van der Waals surface area contributed by atoms with Crippen LogP contribution in [0.2, 0.25) is 0 Å². The molecule has 1 unspecified atom stereocenters. The van der Waals surface area contributed by atoms with E-state index in [9.17, 15) is 14.4 Å². The second-order valence-electron chi connectivity index (χ2n) is 8.92. The summed E-state index contributed by atoms with van der Waals surface area (Å²) in [5.74, 6) is -1.51. The summed E-state index contributed by atoms with van der Waals surface area (Å²) in [6.45, 7) is 1.55. The Kier molecular flexibility index (Phi) is 7.34. The van der Waals surface area contributed by atoms with Crippen molar-refractivity contribution in [2.24, 2.45) is 11.1 Å². The molecule has 5 N–H and O–H groups in total. The number of amides is 3. The lowest BCUT2D eigenvalue weighted by Gasteiger charge is -2.33. The van der Waals surface area contributed by atoms with E-state index in [1.165, 1.54) is 4.90 Å². The first-order chi connectivity index (χ1) is 17.8. The maximum absolute atomic E-state index is 14.0. The Morgan fingerprint density at radius 3 is 1.78 bits per heavy atom. The van der Waals surface area contributed by atoms with E-state index in [0.717, 1.165) is 0 Å². The zero-order chi connectivity index (χ0) is 26.4. The molecule has 0 aliphatic carbocycles. The summed E-state index contributed by atoms with van der Waals surface area (Å²) < 4.78 is 0. The number of para-hydroxylation sites is 4. The fraction of sp³-hybridized carbons (Fsp3) is 0.100. The van der Waals surface area contributed by atoms with Crippen molar-refractivity contribution < 1.29 is 14.4 Å². The topological polar surface area (TPSA) is 119 Å². The molecule has 0 fully saturated rings. The van der Waals surface area contributed by atoms with Gasteiger partial charge in [-0.1, -0.05) is 60.7 Å². The molecule has 0 saturated heterocycles. The molecule has 7 heteroatoms. The molecule has 3 amide bonds.